The summed E-state index contributed by atoms with van der Waals surface area (Å²) >= 11 is 0. The summed E-state index contributed by atoms with van der Waals surface area (Å²) in [6.45, 7) is 0.457. The molecule has 23 heavy (non-hydrogen) atoms. The first kappa shape index (κ1) is 14.8. The Morgan fingerprint density at radius 1 is 1.30 bits per heavy atom. The molecule has 1 aromatic carbocycles. The minimum atomic E-state index is -0.174. The van der Waals surface area contributed by atoms with E-state index >= 15 is 0 Å². The van der Waals surface area contributed by atoms with Crippen molar-refractivity contribution >= 4 is 23.0 Å². The predicted octanol–water partition coefficient (Wildman–Crippen LogP) is 2.30. The Balaban J connectivity index is 1.60. The maximum atomic E-state index is 11.9. The minimum Gasteiger partial charge on any atom is -0.497 e. The molecule has 0 aliphatic carbocycles. The number of aromatic nitrogens is 3. The van der Waals surface area contributed by atoms with Gasteiger partial charge in [-0.3, -0.25) is 9.89 Å². The Morgan fingerprint density at radius 3 is 2.91 bits per heavy atom. The third kappa shape index (κ3) is 3.55. The van der Waals surface area contributed by atoms with Crippen LogP contribution >= 0.6 is 0 Å². The lowest BCUT2D eigenvalue weighted by molar-refractivity contribution is -0.116. The van der Waals surface area contributed by atoms with Crippen LogP contribution in [0.1, 0.15) is 11.3 Å². The summed E-state index contributed by atoms with van der Waals surface area (Å²) in [6, 6.07) is 11.3. The molecule has 0 spiro atoms. The maximum absolute atomic E-state index is 11.9. The number of carbonyl (C=O) groups excluding carboxylic acids is 1. The molecule has 0 unspecified atom stereocenters. The molecule has 0 atom stereocenters. The van der Waals surface area contributed by atoms with Gasteiger partial charge in [0.25, 0.3) is 0 Å². The van der Waals surface area contributed by atoms with Crippen LogP contribution in [-0.2, 0) is 11.3 Å². The van der Waals surface area contributed by atoms with E-state index in [9.17, 15) is 4.79 Å². The van der Waals surface area contributed by atoms with E-state index in [4.69, 9.17) is 4.74 Å². The number of rotatable bonds is 5. The zero-order valence-corrected chi connectivity index (χ0v) is 12.6. The van der Waals surface area contributed by atoms with E-state index in [1.165, 1.54) is 6.08 Å². The first-order valence-corrected chi connectivity index (χ1v) is 7.14. The zero-order chi connectivity index (χ0) is 16.1. The first-order chi connectivity index (χ1) is 11.3. The van der Waals surface area contributed by atoms with Gasteiger partial charge in [-0.15, -0.1) is 0 Å². The number of nitrogens with one attached hydrogen (secondary N) is 2. The lowest BCUT2D eigenvalue weighted by Gasteiger charge is -2.04. The van der Waals surface area contributed by atoms with Crippen molar-refractivity contribution in [3.63, 3.8) is 0 Å². The largest absolute Gasteiger partial charge is 0.497 e. The fourth-order valence-corrected chi connectivity index (χ4v) is 2.15. The van der Waals surface area contributed by atoms with Crippen molar-refractivity contribution in [3.8, 4) is 5.75 Å². The van der Waals surface area contributed by atoms with Crippen molar-refractivity contribution in [1.29, 1.82) is 0 Å². The number of benzene rings is 1. The number of aromatic amines is 1. The standard InChI is InChI=1S/C17H16N4O2/c1-23-13-6-4-12(5-7-13)11-19-16(22)9-8-15-14-3-2-10-18-17(14)21-20-15/h2-10H,11H2,1H3,(H,19,22)(H,18,20,21). The summed E-state index contributed by atoms with van der Waals surface area (Å²) in [6.07, 6.45) is 4.85. The van der Waals surface area contributed by atoms with E-state index in [0.717, 1.165) is 22.4 Å². The van der Waals surface area contributed by atoms with Crippen molar-refractivity contribution in [3.05, 3.63) is 59.9 Å². The third-order valence-electron chi connectivity index (χ3n) is 3.39. The van der Waals surface area contributed by atoms with Crippen LogP contribution in [0.3, 0.4) is 0 Å². The second-order valence-electron chi connectivity index (χ2n) is 4.91. The Hall–Kier alpha value is -3.15. The summed E-state index contributed by atoms with van der Waals surface area (Å²) in [5, 5.41) is 10.6. The molecule has 0 bridgehead atoms. The number of hydrogen-bond donors (Lipinski definition) is 2. The summed E-state index contributed by atoms with van der Waals surface area (Å²) in [5.41, 5.74) is 2.39. The minimum absolute atomic E-state index is 0.174. The number of H-pyrrole nitrogens is 1. The van der Waals surface area contributed by atoms with Crippen LogP contribution < -0.4 is 10.1 Å². The molecule has 3 aromatic rings. The van der Waals surface area contributed by atoms with Crippen molar-refractivity contribution < 1.29 is 9.53 Å². The number of pyridine rings is 1. The van der Waals surface area contributed by atoms with Gasteiger partial charge in [0, 0.05) is 24.2 Å². The van der Waals surface area contributed by atoms with Gasteiger partial charge in [-0.2, -0.15) is 5.10 Å². The second kappa shape index (κ2) is 6.74. The van der Waals surface area contributed by atoms with E-state index in [1.807, 2.05) is 36.4 Å². The molecular weight excluding hydrogens is 292 g/mol. The summed E-state index contributed by atoms with van der Waals surface area (Å²) < 4.78 is 5.10. The number of hydrogen-bond acceptors (Lipinski definition) is 4. The summed E-state index contributed by atoms with van der Waals surface area (Å²) in [4.78, 5) is 16.0. The number of ether oxygens (including phenoxy) is 1. The van der Waals surface area contributed by atoms with E-state index in [0.29, 0.717) is 12.2 Å². The summed E-state index contributed by atoms with van der Waals surface area (Å²) in [5.74, 6) is 0.618. The Kier molecular flexibility index (Phi) is 4.33. The van der Waals surface area contributed by atoms with Gasteiger partial charge in [0.1, 0.15) is 5.75 Å². The van der Waals surface area contributed by atoms with Gasteiger partial charge in [-0.1, -0.05) is 12.1 Å². The van der Waals surface area contributed by atoms with Gasteiger partial charge in [0.05, 0.1) is 12.8 Å². The van der Waals surface area contributed by atoms with Crippen LogP contribution in [-0.4, -0.2) is 28.2 Å². The molecule has 6 nitrogen and oxygen atoms in total. The van der Waals surface area contributed by atoms with Gasteiger partial charge in [-0.05, 0) is 35.9 Å². The van der Waals surface area contributed by atoms with Crippen molar-refractivity contribution in [2.24, 2.45) is 0 Å². The van der Waals surface area contributed by atoms with Gasteiger partial charge < -0.3 is 10.1 Å². The van der Waals surface area contributed by atoms with E-state index < -0.39 is 0 Å². The third-order valence-corrected chi connectivity index (χ3v) is 3.39. The normalized spacial score (nSPS) is 11.0. The maximum Gasteiger partial charge on any atom is 0.244 e. The lowest BCUT2D eigenvalue weighted by Crippen LogP contribution is -2.20. The van der Waals surface area contributed by atoms with Crippen molar-refractivity contribution in [2.75, 3.05) is 7.11 Å². The molecule has 0 aliphatic heterocycles. The van der Waals surface area contributed by atoms with Crippen LogP contribution in [0.15, 0.2) is 48.7 Å². The smallest absolute Gasteiger partial charge is 0.244 e. The quantitative estimate of drug-likeness (QED) is 0.709. The van der Waals surface area contributed by atoms with Crippen LogP contribution in [0.25, 0.3) is 17.1 Å². The number of methoxy groups -OCH3 is 1. The van der Waals surface area contributed by atoms with Crippen LogP contribution in [0, 0.1) is 0 Å². The lowest BCUT2D eigenvalue weighted by atomic mass is 10.2. The molecular formula is C17H16N4O2. The van der Waals surface area contributed by atoms with Crippen molar-refractivity contribution in [1.82, 2.24) is 20.5 Å². The SMILES string of the molecule is COc1ccc(CNC(=O)C=Cc2[nH]nc3ncccc23)cc1. The Bertz CT molecular complexity index is 837. The topological polar surface area (TPSA) is 79.9 Å². The Labute approximate surface area is 133 Å². The highest BCUT2D eigenvalue weighted by molar-refractivity contribution is 5.94. The molecule has 1 amide bonds. The molecule has 6 heteroatoms. The fraction of sp³-hybridized carbons (Fsp3) is 0.118. The number of nitrogens with zero attached hydrogens (tertiary/aromatic N) is 2. The molecule has 0 saturated carbocycles. The second-order valence-corrected chi connectivity index (χ2v) is 4.91. The average Bonchev–Trinajstić information content (AvgIpc) is 3.02. The molecule has 2 N–H and O–H groups in total. The van der Waals surface area contributed by atoms with Gasteiger partial charge in [-0.25, -0.2) is 4.98 Å². The van der Waals surface area contributed by atoms with Crippen LogP contribution in [0.4, 0.5) is 0 Å². The van der Waals surface area contributed by atoms with E-state index in [2.05, 4.69) is 20.5 Å². The first-order valence-electron chi connectivity index (χ1n) is 7.14. The number of carbonyl (C=O) groups is 1. The monoisotopic (exact) mass is 308 g/mol. The van der Waals surface area contributed by atoms with Crippen LogP contribution in [0.2, 0.25) is 0 Å². The predicted molar refractivity (Wildman–Crippen MR) is 87.8 cm³/mol. The average molecular weight is 308 g/mol. The number of fused-ring (bicyclic) bond motifs is 1. The molecule has 0 saturated heterocycles. The van der Waals surface area contributed by atoms with Gasteiger partial charge >= 0.3 is 0 Å². The fourth-order valence-electron chi connectivity index (χ4n) is 2.15. The Morgan fingerprint density at radius 2 is 2.13 bits per heavy atom. The number of amides is 1. The van der Waals surface area contributed by atoms with Crippen LogP contribution in [0.5, 0.6) is 5.75 Å². The summed E-state index contributed by atoms with van der Waals surface area (Å²) in [7, 11) is 1.62. The molecule has 0 fully saturated rings. The molecule has 0 radical (unpaired) electrons. The van der Waals surface area contributed by atoms with Crippen molar-refractivity contribution in [2.45, 2.75) is 6.54 Å². The molecule has 0 aliphatic rings. The highest BCUT2D eigenvalue weighted by Gasteiger charge is 2.03. The highest BCUT2D eigenvalue weighted by Crippen LogP contribution is 2.14. The molecule has 3 rings (SSSR count). The molecule has 116 valence electrons. The van der Waals surface area contributed by atoms with Gasteiger partial charge in [0.15, 0.2) is 5.65 Å². The molecule has 2 heterocycles. The van der Waals surface area contributed by atoms with E-state index in [-0.39, 0.29) is 5.91 Å². The van der Waals surface area contributed by atoms with E-state index in [1.54, 1.807) is 19.4 Å². The van der Waals surface area contributed by atoms with Gasteiger partial charge in [0.2, 0.25) is 5.91 Å². The zero-order valence-electron chi connectivity index (χ0n) is 12.6. The molecule has 2 aromatic heterocycles. The highest BCUT2D eigenvalue weighted by atomic mass is 16.5.